The number of hydrogen-bond donors (Lipinski definition) is 0. The Morgan fingerprint density at radius 2 is 0.917 bits per heavy atom. The average molecular weight is 415 g/mol. The third kappa shape index (κ3) is 4.46. The van der Waals surface area contributed by atoms with Gasteiger partial charge >= 0.3 is 34.1 Å². The monoisotopic (exact) mass is 414 g/mol. The molecule has 4 aromatic rings. The first-order chi connectivity index (χ1) is 10.8. The van der Waals surface area contributed by atoms with E-state index in [1.54, 1.807) is 24.5 Å². The van der Waals surface area contributed by atoms with Crippen molar-refractivity contribution in [2.75, 3.05) is 0 Å². The Balaban J connectivity index is 0.000000222. The van der Waals surface area contributed by atoms with E-state index in [2.05, 4.69) is 9.97 Å². The number of benzene rings is 2. The van der Waals surface area contributed by atoms with E-state index in [9.17, 15) is 10.2 Å². The van der Waals surface area contributed by atoms with Gasteiger partial charge in [-0.2, -0.15) is 0 Å². The number of hydrogen-bond acceptors (Lipinski definition) is 4. The van der Waals surface area contributed by atoms with Gasteiger partial charge in [0.15, 0.2) is 0 Å². The summed E-state index contributed by atoms with van der Waals surface area (Å²) in [4.78, 5) is 7.94. The van der Waals surface area contributed by atoms with Gasteiger partial charge in [0.2, 0.25) is 0 Å². The SMILES string of the molecule is [Cu+].[Cu+].[O-]c1cccc2cccnc12.[O-]c1cccc2cccnc12. The Morgan fingerprint density at radius 1 is 0.542 bits per heavy atom. The number of aromatic nitrogens is 2. The van der Waals surface area contributed by atoms with E-state index in [1.165, 1.54) is 12.1 Å². The van der Waals surface area contributed by atoms with Gasteiger partial charge in [-0.1, -0.05) is 60.0 Å². The second-order valence-electron chi connectivity index (χ2n) is 4.66. The molecular formula is C18H12Cu2N2O2. The molecule has 0 fully saturated rings. The maximum atomic E-state index is 11.1. The molecule has 0 aliphatic carbocycles. The smallest absolute Gasteiger partial charge is 0.871 e. The molecule has 6 heteroatoms. The summed E-state index contributed by atoms with van der Waals surface area (Å²) >= 11 is 0. The summed E-state index contributed by atoms with van der Waals surface area (Å²) < 4.78 is 0. The molecule has 0 radical (unpaired) electrons. The summed E-state index contributed by atoms with van der Waals surface area (Å²) in [6, 6.07) is 17.7. The second-order valence-corrected chi connectivity index (χ2v) is 4.66. The van der Waals surface area contributed by atoms with Crippen LogP contribution in [0.25, 0.3) is 21.8 Å². The molecule has 128 valence electrons. The Kier molecular flexibility index (Phi) is 7.69. The average Bonchev–Trinajstić information content (AvgIpc) is 2.57. The number of fused-ring (bicyclic) bond motifs is 2. The summed E-state index contributed by atoms with van der Waals surface area (Å²) in [6.07, 6.45) is 3.26. The van der Waals surface area contributed by atoms with Crippen molar-refractivity contribution in [3.63, 3.8) is 0 Å². The minimum absolute atomic E-state index is 0. The summed E-state index contributed by atoms with van der Waals surface area (Å²) in [6.45, 7) is 0. The fourth-order valence-corrected chi connectivity index (χ4v) is 2.15. The zero-order valence-electron chi connectivity index (χ0n) is 12.2. The van der Waals surface area contributed by atoms with Crippen molar-refractivity contribution in [2.24, 2.45) is 0 Å². The van der Waals surface area contributed by atoms with Crippen LogP contribution >= 0.6 is 0 Å². The third-order valence-electron chi connectivity index (χ3n) is 3.19. The Labute approximate surface area is 160 Å². The van der Waals surface area contributed by atoms with Gasteiger partial charge in [0.05, 0.1) is 11.0 Å². The van der Waals surface area contributed by atoms with Gasteiger partial charge in [-0.3, -0.25) is 9.97 Å². The molecule has 0 aliphatic rings. The van der Waals surface area contributed by atoms with Gasteiger partial charge in [0, 0.05) is 12.4 Å². The number of para-hydroxylation sites is 2. The van der Waals surface area contributed by atoms with Crippen LogP contribution in [0.3, 0.4) is 0 Å². The Bertz CT molecular complexity index is 845. The van der Waals surface area contributed by atoms with Gasteiger partial charge in [-0.25, -0.2) is 0 Å². The molecule has 0 atom stereocenters. The number of rotatable bonds is 0. The molecule has 24 heavy (non-hydrogen) atoms. The third-order valence-corrected chi connectivity index (χ3v) is 3.19. The standard InChI is InChI=1S/2C9H7NO.2Cu/c2*11-8-5-1-3-7-4-2-6-10-9(7)8;;/h2*1-6,11H;;/q;;2*+1/p-2. The van der Waals surface area contributed by atoms with Crippen LogP contribution in [0.5, 0.6) is 11.5 Å². The molecule has 0 unspecified atom stereocenters. The van der Waals surface area contributed by atoms with Gasteiger partial charge < -0.3 is 10.2 Å². The van der Waals surface area contributed by atoms with Crippen LogP contribution in [0.4, 0.5) is 0 Å². The van der Waals surface area contributed by atoms with Crippen molar-refractivity contribution in [1.82, 2.24) is 9.97 Å². The number of pyridine rings is 2. The summed E-state index contributed by atoms with van der Waals surface area (Å²) in [5, 5.41) is 24.0. The van der Waals surface area contributed by atoms with Crippen LogP contribution in [-0.4, -0.2) is 9.97 Å². The van der Waals surface area contributed by atoms with Crippen molar-refractivity contribution < 1.29 is 44.4 Å². The van der Waals surface area contributed by atoms with E-state index in [0.717, 1.165) is 10.8 Å². The molecule has 0 amide bonds. The quantitative estimate of drug-likeness (QED) is 0.414. The van der Waals surface area contributed by atoms with Crippen molar-refractivity contribution in [3.8, 4) is 11.5 Å². The first kappa shape index (κ1) is 19.9. The predicted molar refractivity (Wildman–Crippen MR) is 82.4 cm³/mol. The van der Waals surface area contributed by atoms with Gasteiger partial charge in [-0.15, -0.1) is 0 Å². The van der Waals surface area contributed by atoms with Crippen LogP contribution in [0.1, 0.15) is 0 Å². The van der Waals surface area contributed by atoms with Crippen LogP contribution < -0.4 is 10.2 Å². The Morgan fingerprint density at radius 3 is 1.29 bits per heavy atom. The van der Waals surface area contributed by atoms with E-state index in [1.807, 2.05) is 36.4 Å². The van der Waals surface area contributed by atoms with Gasteiger partial charge in [0.1, 0.15) is 0 Å². The fraction of sp³-hybridized carbons (Fsp3) is 0. The van der Waals surface area contributed by atoms with Crippen LogP contribution in [0.15, 0.2) is 73.1 Å². The summed E-state index contributed by atoms with van der Waals surface area (Å²) in [7, 11) is 0. The summed E-state index contributed by atoms with van der Waals surface area (Å²) in [5.74, 6) is -0.0220. The van der Waals surface area contributed by atoms with Crippen molar-refractivity contribution in [2.45, 2.75) is 0 Å². The molecule has 0 saturated carbocycles. The van der Waals surface area contributed by atoms with E-state index < -0.39 is 0 Å². The van der Waals surface area contributed by atoms with E-state index in [4.69, 9.17) is 0 Å². The molecule has 0 aliphatic heterocycles. The first-order valence-electron chi connectivity index (χ1n) is 6.77. The van der Waals surface area contributed by atoms with Crippen LogP contribution in [-0.2, 0) is 34.1 Å². The van der Waals surface area contributed by atoms with E-state index in [-0.39, 0.29) is 45.6 Å². The maximum Gasteiger partial charge on any atom is 1.00 e. The summed E-state index contributed by atoms with van der Waals surface area (Å²) in [5.41, 5.74) is 1.10. The number of nitrogens with zero attached hydrogens (tertiary/aromatic N) is 2. The van der Waals surface area contributed by atoms with Crippen molar-refractivity contribution in [3.05, 3.63) is 73.1 Å². The van der Waals surface area contributed by atoms with Crippen molar-refractivity contribution in [1.29, 1.82) is 0 Å². The largest absolute Gasteiger partial charge is 1.00 e. The molecule has 0 saturated heterocycles. The minimum atomic E-state index is -0.0110. The van der Waals surface area contributed by atoms with Crippen molar-refractivity contribution >= 4 is 21.8 Å². The molecule has 4 nitrogen and oxygen atoms in total. The molecule has 4 rings (SSSR count). The second kappa shape index (κ2) is 9.26. The minimum Gasteiger partial charge on any atom is -0.871 e. The molecule has 0 spiro atoms. The molecule has 0 N–H and O–H groups in total. The molecule has 2 aromatic heterocycles. The molecule has 2 heterocycles. The topological polar surface area (TPSA) is 71.9 Å². The van der Waals surface area contributed by atoms with Gasteiger partial charge in [0.25, 0.3) is 0 Å². The van der Waals surface area contributed by atoms with Crippen LogP contribution in [0.2, 0.25) is 0 Å². The molecular weight excluding hydrogens is 403 g/mol. The Hall–Kier alpha value is -2.10. The predicted octanol–water partition coefficient (Wildman–Crippen LogP) is 2.61. The van der Waals surface area contributed by atoms with E-state index >= 15 is 0 Å². The maximum absolute atomic E-state index is 11.1. The first-order valence-corrected chi connectivity index (χ1v) is 6.77. The zero-order valence-corrected chi connectivity index (χ0v) is 14.1. The fourth-order valence-electron chi connectivity index (χ4n) is 2.15. The molecule has 0 bridgehead atoms. The van der Waals surface area contributed by atoms with Crippen LogP contribution in [0, 0.1) is 0 Å². The normalized spacial score (nSPS) is 9.33. The zero-order chi connectivity index (χ0) is 15.4. The van der Waals surface area contributed by atoms with E-state index in [0.29, 0.717) is 11.0 Å². The molecule has 2 aromatic carbocycles. The van der Waals surface area contributed by atoms with Gasteiger partial charge in [-0.05, 0) is 22.9 Å².